The molecule has 0 bridgehead atoms. The molecule has 1 aliphatic rings. The standard InChI is InChI=1S/C19H18N4O3S/c24-19(15-9-16-18(22-27-21-16)17(10-15)23(25)26)20-11-12-6-7-14(8-12)13-4-2-1-3-5-13/h1-5,9-10,12,14H,6-8,11H2,(H,20,24). The maximum Gasteiger partial charge on any atom is 0.299 e. The Labute approximate surface area is 159 Å². The van der Waals surface area contributed by atoms with E-state index >= 15 is 0 Å². The van der Waals surface area contributed by atoms with Gasteiger partial charge in [-0.05, 0) is 42.7 Å². The largest absolute Gasteiger partial charge is 0.352 e. The van der Waals surface area contributed by atoms with Crippen molar-refractivity contribution in [1.82, 2.24) is 14.1 Å². The molecule has 0 spiro atoms. The highest BCUT2D eigenvalue weighted by molar-refractivity contribution is 7.00. The smallest absolute Gasteiger partial charge is 0.299 e. The fraction of sp³-hybridized carbons (Fsp3) is 0.316. The Morgan fingerprint density at radius 2 is 2.04 bits per heavy atom. The van der Waals surface area contributed by atoms with Crippen LogP contribution in [-0.2, 0) is 0 Å². The van der Waals surface area contributed by atoms with Crippen molar-refractivity contribution in [2.24, 2.45) is 5.92 Å². The topological polar surface area (TPSA) is 98.0 Å². The summed E-state index contributed by atoms with van der Waals surface area (Å²) in [4.78, 5) is 23.2. The molecule has 0 saturated heterocycles. The highest BCUT2D eigenvalue weighted by atomic mass is 32.1. The first-order valence-electron chi connectivity index (χ1n) is 8.85. The first-order valence-corrected chi connectivity index (χ1v) is 9.58. The van der Waals surface area contributed by atoms with Gasteiger partial charge in [0, 0.05) is 18.2 Å². The quantitative estimate of drug-likeness (QED) is 0.533. The zero-order valence-electron chi connectivity index (χ0n) is 14.5. The van der Waals surface area contributed by atoms with E-state index in [2.05, 4.69) is 38.3 Å². The molecule has 8 heteroatoms. The van der Waals surface area contributed by atoms with Crippen molar-refractivity contribution in [2.45, 2.75) is 25.2 Å². The van der Waals surface area contributed by atoms with E-state index in [1.54, 1.807) is 6.07 Å². The molecule has 1 amide bonds. The minimum absolute atomic E-state index is 0.184. The van der Waals surface area contributed by atoms with Crippen molar-refractivity contribution < 1.29 is 9.72 Å². The van der Waals surface area contributed by atoms with Crippen molar-refractivity contribution in [3.8, 4) is 0 Å². The Morgan fingerprint density at radius 1 is 1.22 bits per heavy atom. The molecular weight excluding hydrogens is 364 g/mol. The molecule has 1 saturated carbocycles. The summed E-state index contributed by atoms with van der Waals surface area (Å²) in [6.45, 7) is 0.573. The lowest BCUT2D eigenvalue weighted by atomic mass is 9.96. The molecule has 2 unspecified atom stereocenters. The van der Waals surface area contributed by atoms with Crippen LogP contribution in [0.4, 0.5) is 5.69 Å². The Morgan fingerprint density at radius 3 is 2.81 bits per heavy atom. The molecule has 1 N–H and O–H groups in total. The highest BCUT2D eigenvalue weighted by Crippen LogP contribution is 2.37. The van der Waals surface area contributed by atoms with Gasteiger partial charge in [0.05, 0.1) is 16.7 Å². The van der Waals surface area contributed by atoms with Crippen molar-refractivity contribution in [2.75, 3.05) is 6.54 Å². The summed E-state index contributed by atoms with van der Waals surface area (Å²) < 4.78 is 7.98. The number of non-ortho nitro benzene ring substituents is 1. The first kappa shape index (κ1) is 17.5. The summed E-state index contributed by atoms with van der Waals surface area (Å²) in [5, 5.41) is 14.2. The zero-order valence-corrected chi connectivity index (χ0v) is 15.3. The van der Waals surface area contributed by atoms with Gasteiger partial charge < -0.3 is 5.32 Å². The molecule has 0 aliphatic heterocycles. The van der Waals surface area contributed by atoms with Gasteiger partial charge in [-0.15, -0.1) is 0 Å². The van der Waals surface area contributed by atoms with Crippen LogP contribution in [0.1, 0.15) is 41.1 Å². The van der Waals surface area contributed by atoms with Gasteiger partial charge in [-0.2, -0.15) is 8.75 Å². The second kappa shape index (κ2) is 7.40. The van der Waals surface area contributed by atoms with Gasteiger partial charge in [0.15, 0.2) is 5.52 Å². The van der Waals surface area contributed by atoms with E-state index in [0.29, 0.717) is 23.9 Å². The summed E-state index contributed by atoms with van der Waals surface area (Å²) in [6, 6.07) is 13.3. The van der Waals surface area contributed by atoms with E-state index in [0.717, 1.165) is 31.0 Å². The van der Waals surface area contributed by atoms with Crippen LogP contribution in [0.3, 0.4) is 0 Å². The van der Waals surface area contributed by atoms with Gasteiger partial charge >= 0.3 is 0 Å². The fourth-order valence-electron chi connectivity index (χ4n) is 3.77. The van der Waals surface area contributed by atoms with Gasteiger partial charge in [0.25, 0.3) is 11.6 Å². The number of nitrogens with one attached hydrogen (secondary N) is 1. The van der Waals surface area contributed by atoms with Gasteiger partial charge in [0.2, 0.25) is 0 Å². The lowest BCUT2D eigenvalue weighted by Gasteiger charge is -2.13. The molecule has 1 aromatic heterocycles. The fourth-order valence-corrected chi connectivity index (χ4v) is 4.31. The summed E-state index contributed by atoms with van der Waals surface area (Å²) in [5.74, 6) is 0.640. The van der Waals surface area contributed by atoms with Crippen LogP contribution in [0.2, 0.25) is 0 Å². The number of nitro benzene ring substituents is 1. The summed E-state index contributed by atoms with van der Waals surface area (Å²) in [7, 11) is 0. The second-order valence-electron chi connectivity index (χ2n) is 6.88. The van der Waals surface area contributed by atoms with Crippen LogP contribution in [0.15, 0.2) is 42.5 Å². The molecule has 7 nitrogen and oxygen atoms in total. The lowest BCUT2D eigenvalue weighted by molar-refractivity contribution is -0.383. The van der Waals surface area contributed by atoms with Crippen LogP contribution in [-0.4, -0.2) is 26.1 Å². The number of carbonyl (C=O) groups is 1. The zero-order chi connectivity index (χ0) is 18.8. The number of hydrogen-bond acceptors (Lipinski definition) is 6. The highest BCUT2D eigenvalue weighted by Gasteiger charge is 2.26. The predicted octanol–water partition coefficient (Wildman–Crippen LogP) is 3.91. The molecule has 138 valence electrons. The number of carbonyl (C=O) groups excluding carboxylic acids is 1. The van der Waals surface area contributed by atoms with Crippen molar-refractivity contribution in [1.29, 1.82) is 0 Å². The number of nitro groups is 1. The van der Waals surface area contributed by atoms with E-state index in [1.165, 1.54) is 11.6 Å². The first-order chi connectivity index (χ1) is 13.1. The van der Waals surface area contributed by atoms with Gasteiger partial charge in [-0.3, -0.25) is 14.9 Å². The van der Waals surface area contributed by atoms with Gasteiger partial charge in [0.1, 0.15) is 5.52 Å². The normalized spacial score (nSPS) is 19.3. The molecule has 27 heavy (non-hydrogen) atoms. The molecular formula is C19H18N4O3S. The second-order valence-corrected chi connectivity index (χ2v) is 7.41. The van der Waals surface area contributed by atoms with Crippen molar-refractivity contribution in [3.05, 3.63) is 63.7 Å². The summed E-state index contributed by atoms with van der Waals surface area (Å²) in [5.41, 5.74) is 2.02. The molecule has 1 aliphatic carbocycles. The number of benzene rings is 2. The number of aromatic nitrogens is 2. The Balaban J connectivity index is 1.41. The lowest BCUT2D eigenvalue weighted by Crippen LogP contribution is -2.28. The minimum Gasteiger partial charge on any atom is -0.352 e. The number of hydrogen-bond donors (Lipinski definition) is 1. The monoisotopic (exact) mass is 382 g/mol. The van der Waals surface area contributed by atoms with Crippen LogP contribution in [0.5, 0.6) is 0 Å². The number of nitrogens with zero attached hydrogens (tertiary/aromatic N) is 3. The number of fused-ring (bicyclic) bond motifs is 1. The summed E-state index contributed by atoms with van der Waals surface area (Å²) >= 11 is 0.901. The van der Waals surface area contributed by atoms with E-state index in [-0.39, 0.29) is 22.7 Å². The third kappa shape index (κ3) is 3.66. The average Bonchev–Trinajstić information content (AvgIpc) is 3.35. The molecule has 1 fully saturated rings. The SMILES string of the molecule is O=C(NCC1CCC(c2ccccc2)C1)c1cc([N+](=O)[O-])c2nsnc2c1. The third-order valence-electron chi connectivity index (χ3n) is 5.16. The summed E-state index contributed by atoms with van der Waals surface area (Å²) in [6.07, 6.45) is 3.22. The van der Waals surface area contributed by atoms with Gasteiger partial charge in [-0.25, -0.2) is 0 Å². The Kier molecular flexibility index (Phi) is 4.81. The average molecular weight is 382 g/mol. The third-order valence-corrected chi connectivity index (χ3v) is 5.71. The number of rotatable bonds is 5. The van der Waals surface area contributed by atoms with Crippen molar-refractivity contribution in [3.63, 3.8) is 0 Å². The molecule has 2 atom stereocenters. The van der Waals surface area contributed by atoms with Crippen LogP contribution in [0.25, 0.3) is 11.0 Å². The molecule has 4 rings (SSSR count). The molecule has 0 radical (unpaired) electrons. The van der Waals surface area contributed by atoms with E-state index in [4.69, 9.17) is 0 Å². The van der Waals surface area contributed by atoms with E-state index in [1.807, 2.05) is 6.07 Å². The molecule has 1 heterocycles. The van der Waals surface area contributed by atoms with Crippen LogP contribution < -0.4 is 5.32 Å². The minimum atomic E-state index is -0.526. The Bertz CT molecular complexity index is 989. The maximum atomic E-state index is 12.5. The van der Waals surface area contributed by atoms with Crippen LogP contribution >= 0.6 is 11.7 Å². The van der Waals surface area contributed by atoms with E-state index in [9.17, 15) is 14.9 Å². The maximum absolute atomic E-state index is 12.5. The van der Waals surface area contributed by atoms with Gasteiger partial charge in [-0.1, -0.05) is 30.3 Å². The van der Waals surface area contributed by atoms with Crippen LogP contribution in [0, 0.1) is 16.0 Å². The number of amides is 1. The molecule has 2 aromatic carbocycles. The Hall–Kier alpha value is -2.87. The predicted molar refractivity (Wildman–Crippen MR) is 103 cm³/mol. The van der Waals surface area contributed by atoms with Crippen molar-refractivity contribution >= 4 is 34.4 Å². The van der Waals surface area contributed by atoms with E-state index < -0.39 is 4.92 Å². The molecule has 3 aromatic rings.